The molecule has 184 valence electrons. The molecule has 2 rings (SSSR count). The minimum absolute atomic E-state index is 0. The van der Waals surface area contributed by atoms with Gasteiger partial charge in [0, 0.05) is 19.1 Å². The lowest BCUT2D eigenvalue weighted by Gasteiger charge is -2.21. The monoisotopic (exact) mass is 486 g/mol. The predicted molar refractivity (Wildman–Crippen MR) is 143 cm³/mol. The Balaban J connectivity index is 0. The van der Waals surface area contributed by atoms with Crippen molar-refractivity contribution in [3.05, 3.63) is 70.8 Å². The number of aliphatic hydroxyl groups is 1. The Kier molecular flexibility index (Phi) is 17.9. The molecule has 4 nitrogen and oxygen atoms in total. The Morgan fingerprint density at radius 2 is 1.12 bits per heavy atom. The fraction of sp³-hybridized carbons (Fsp3) is 0.538. The number of nitrogens with one attached hydrogen (secondary N) is 1. The van der Waals surface area contributed by atoms with E-state index in [4.69, 9.17) is 5.73 Å². The Bertz CT molecular complexity index is 651. The molecule has 2 aromatic rings. The van der Waals surface area contributed by atoms with Gasteiger partial charge in [0.15, 0.2) is 0 Å². The summed E-state index contributed by atoms with van der Waals surface area (Å²) in [4.78, 5) is 0. The third kappa shape index (κ3) is 11.6. The van der Waals surface area contributed by atoms with Gasteiger partial charge in [0.2, 0.25) is 0 Å². The molecule has 0 saturated heterocycles. The summed E-state index contributed by atoms with van der Waals surface area (Å²) in [6.07, 6.45) is 3.72. The van der Waals surface area contributed by atoms with E-state index < -0.39 is 6.10 Å². The first-order valence-corrected chi connectivity index (χ1v) is 11.2. The maximum atomic E-state index is 9.85. The number of aryl methyl sites for hydroxylation is 2. The molecule has 0 radical (unpaired) electrons. The second kappa shape index (κ2) is 17.4. The van der Waals surface area contributed by atoms with Crippen molar-refractivity contribution < 1.29 is 10.6 Å². The van der Waals surface area contributed by atoms with Crippen LogP contribution in [0.25, 0.3) is 0 Å². The second-order valence-electron chi connectivity index (χ2n) is 8.86. The van der Waals surface area contributed by atoms with Crippen LogP contribution in [0.3, 0.4) is 0 Å². The molecule has 0 saturated carbocycles. The lowest BCUT2D eigenvalue weighted by molar-refractivity contribution is 0.173. The highest BCUT2D eigenvalue weighted by Gasteiger charge is 2.12. The summed E-state index contributed by atoms with van der Waals surface area (Å²) < 4.78 is 0. The van der Waals surface area contributed by atoms with Crippen molar-refractivity contribution in [3.8, 4) is 0 Å². The molecular weight excluding hydrogens is 443 g/mol. The van der Waals surface area contributed by atoms with Crippen LogP contribution < -0.4 is 11.1 Å². The van der Waals surface area contributed by atoms with E-state index in [0.29, 0.717) is 31.0 Å². The van der Waals surface area contributed by atoms with E-state index >= 15 is 0 Å². The molecule has 0 aliphatic heterocycles. The molecule has 0 aliphatic carbocycles. The summed E-state index contributed by atoms with van der Waals surface area (Å²) in [5, 5.41) is 13.4. The number of benzene rings is 2. The SMILES string of the molecule is CC(C)c1ccc(CCC(CCc2ccc(C(C)C)cc2)NCC(O)CN)cc1.Cl.Cl.O. The number of hydrogen-bond donors (Lipinski definition) is 3. The van der Waals surface area contributed by atoms with Crippen molar-refractivity contribution >= 4 is 24.8 Å². The molecule has 0 bridgehead atoms. The third-order valence-electron chi connectivity index (χ3n) is 5.77. The molecule has 0 amide bonds. The van der Waals surface area contributed by atoms with E-state index in [1.807, 2.05) is 0 Å². The van der Waals surface area contributed by atoms with Gasteiger partial charge in [-0.15, -0.1) is 24.8 Å². The van der Waals surface area contributed by atoms with Crippen LogP contribution in [-0.4, -0.2) is 35.8 Å². The van der Waals surface area contributed by atoms with Gasteiger partial charge in [-0.1, -0.05) is 76.2 Å². The summed E-state index contributed by atoms with van der Waals surface area (Å²) in [6, 6.07) is 18.4. The lowest BCUT2D eigenvalue weighted by Crippen LogP contribution is -2.39. The van der Waals surface area contributed by atoms with Gasteiger partial charge < -0.3 is 21.6 Å². The normalized spacial score (nSPS) is 11.7. The van der Waals surface area contributed by atoms with E-state index in [9.17, 15) is 5.11 Å². The van der Waals surface area contributed by atoms with Crippen LogP contribution in [0, 0.1) is 0 Å². The zero-order chi connectivity index (χ0) is 21.2. The van der Waals surface area contributed by atoms with Gasteiger partial charge in [-0.25, -0.2) is 0 Å². The smallest absolute Gasteiger partial charge is 0.0786 e. The second-order valence-corrected chi connectivity index (χ2v) is 8.86. The quantitative estimate of drug-likeness (QED) is 0.402. The van der Waals surface area contributed by atoms with E-state index in [-0.39, 0.29) is 30.3 Å². The first-order chi connectivity index (χ1) is 13.9. The number of rotatable bonds is 12. The van der Waals surface area contributed by atoms with Crippen LogP contribution in [-0.2, 0) is 12.8 Å². The first-order valence-electron chi connectivity index (χ1n) is 11.2. The Morgan fingerprint density at radius 3 is 1.44 bits per heavy atom. The topological polar surface area (TPSA) is 89.8 Å². The minimum Gasteiger partial charge on any atom is -0.412 e. The zero-order valence-electron chi connectivity index (χ0n) is 20.0. The number of halogens is 2. The maximum absolute atomic E-state index is 9.85. The van der Waals surface area contributed by atoms with Crippen LogP contribution in [0.15, 0.2) is 48.5 Å². The van der Waals surface area contributed by atoms with Gasteiger partial charge in [0.1, 0.15) is 0 Å². The fourth-order valence-electron chi connectivity index (χ4n) is 3.55. The summed E-state index contributed by atoms with van der Waals surface area (Å²) in [5.74, 6) is 1.14. The summed E-state index contributed by atoms with van der Waals surface area (Å²) in [7, 11) is 0. The molecule has 32 heavy (non-hydrogen) atoms. The van der Waals surface area contributed by atoms with Crippen LogP contribution in [0.1, 0.15) is 74.6 Å². The van der Waals surface area contributed by atoms with Crippen molar-refractivity contribution in [2.75, 3.05) is 13.1 Å². The molecule has 6 heteroatoms. The molecule has 2 aromatic carbocycles. The van der Waals surface area contributed by atoms with Crippen LogP contribution in [0.4, 0.5) is 0 Å². The van der Waals surface area contributed by atoms with Crippen LogP contribution >= 0.6 is 24.8 Å². The van der Waals surface area contributed by atoms with Crippen molar-refractivity contribution in [1.29, 1.82) is 0 Å². The van der Waals surface area contributed by atoms with Crippen molar-refractivity contribution in [2.24, 2.45) is 5.73 Å². The molecule has 6 N–H and O–H groups in total. The number of nitrogens with two attached hydrogens (primary N) is 1. The molecular formula is C26H44Cl2N2O2. The van der Waals surface area contributed by atoms with Gasteiger partial charge in [-0.3, -0.25) is 0 Å². The molecule has 1 atom stereocenters. The highest BCUT2D eigenvalue weighted by molar-refractivity contribution is 5.85. The molecule has 0 aliphatic rings. The van der Waals surface area contributed by atoms with E-state index in [1.165, 1.54) is 22.3 Å². The van der Waals surface area contributed by atoms with Crippen LogP contribution in [0.2, 0.25) is 0 Å². The van der Waals surface area contributed by atoms with Gasteiger partial charge in [0.25, 0.3) is 0 Å². The van der Waals surface area contributed by atoms with Crippen molar-refractivity contribution in [2.45, 2.75) is 77.4 Å². The molecule has 0 spiro atoms. The van der Waals surface area contributed by atoms with E-state index in [1.54, 1.807) is 0 Å². The van der Waals surface area contributed by atoms with Crippen molar-refractivity contribution in [1.82, 2.24) is 5.32 Å². The molecule has 1 unspecified atom stereocenters. The van der Waals surface area contributed by atoms with E-state index in [0.717, 1.165) is 25.7 Å². The van der Waals surface area contributed by atoms with Gasteiger partial charge in [-0.2, -0.15) is 0 Å². The van der Waals surface area contributed by atoms with Gasteiger partial charge in [0.05, 0.1) is 6.10 Å². The molecule has 0 aromatic heterocycles. The molecule has 0 fully saturated rings. The first kappa shape index (κ1) is 33.0. The van der Waals surface area contributed by atoms with E-state index in [2.05, 4.69) is 81.5 Å². The maximum Gasteiger partial charge on any atom is 0.0786 e. The molecule has 0 heterocycles. The average molecular weight is 488 g/mol. The summed E-state index contributed by atoms with van der Waals surface area (Å²) >= 11 is 0. The number of aliphatic hydroxyl groups excluding tert-OH is 1. The highest BCUT2D eigenvalue weighted by atomic mass is 35.5. The number of hydrogen-bond acceptors (Lipinski definition) is 3. The standard InChI is InChI=1S/C26H40N2O.2ClH.H2O/c1-19(2)23-11-5-21(6-12-23)9-15-25(28-18-26(29)17-27)16-10-22-7-13-24(14-8-22)20(3)4;;;/h5-8,11-14,19-20,25-26,28-29H,9-10,15-18,27H2,1-4H3;2*1H;1H2. The third-order valence-corrected chi connectivity index (χ3v) is 5.77. The zero-order valence-corrected chi connectivity index (χ0v) is 21.6. The summed E-state index contributed by atoms with van der Waals surface area (Å²) in [6.45, 7) is 9.76. The van der Waals surface area contributed by atoms with Gasteiger partial charge >= 0.3 is 0 Å². The summed E-state index contributed by atoms with van der Waals surface area (Å²) in [5.41, 5.74) is 11.1. The predicted octanol–water partition coefficient (Wildman–Crippen LogP) is 4.80. The minimum atomic E-state index is -0.479. The lowest BCUT2D eigenvalue weighted by atomic mass is 9.95. The fourth-order valence-corrected chi connectivity index (χ4v) is 3.55. The Morgan fingerprint density at radius 1 is 0.750 bits per heavy atom. The average Bonchev–Trinajstić information content (AvgIpc) is 2.73. The largest absolute Gasteiger partial charge is 0.412 e. The highest BCUT2D eigenvalue weighted by Crippen LogP contribution is 2.18. The Labute approximate surface area is 207 Å². The Hall–Kier alpha value is -1.14. The van der Waals surface area contributed by atoms with Crippen LogP contribution in [0.5, 0.6) is 0 Å². The van der Waals surface area contributed by atoms with Gasteiger partial charge in [-0.05, 0) is 59.8 Å². The van der Waals surface area contributed by atoms with Crippen molar-refractivity contribution in [3.63, 3.8) is 0 Å².